The van der Waals surface area contributed by atoms with Gasteiger partial charge in [0.2, 0.25) is 5.88 Å². The van der Waals surface area contributed by atoms with E-state index >= 15 is 0 Å². The molecule has 0 fully saturated rings. The van der Waals surface area contributed by atoms with Gasteiger partial charge in [0, 0.05) is 4.88 Å². The lowest BCUT2D eigenvalue weighted by Gasteiger charge is -2.19. The third-order valence-corrected chi connectivity index (χ3v) is 8.39. The number of hydrogen-bond donors (Lipinski definition) is 1. The predicted octanol–water partition coefficient (Wildman–Crippen LogP) is 6.39. The van der Waals surface area contributed by atoms with E-state index in [2.05, 4.69) is 16.3 Å². The van der Waals surface area contributed by atoms with Crippen LogP contribution in [0.5, 0.6) is 11.6 Å². The summed E-state index contributed by atoms with van der Waals surface area (Å²) in [4.78, 5) is 26.1. The molecule has 42 heavy (non-hydrogen) atoms. The van der Waals surface area contributed by atoms with Gasteiger partial charge in [-0.15, -0.1) is 11.3 Å². The molecule has 0 spiro atoms. The number of benzene rings is 2. The summed E-state index contributed by atoms with van der Waals surface area (Å²) < 4.78 is 24.7. The first-order valence-corrected chi connectivity index (χ1v) is 15.1. The summed E-state index contributed by atoms with van der Waals surface area (Å²) in [5, 5.41) is 10.7. The van der Waals surface area contributed by atoms with Crippen molar-refractivity contribution in [3.05, 3.63) is 97.7 Å². The number of nitrogens with zero attached hydrogens (tertiary/aromatic N) is 2. The van der Waals surface area contributed by atoms with Crippen LogP contribution in [0, 0.1) is 0 Å². The monoisotopic (exact) mass is 612 g/mol. The molecule has 4 aromatic rings. The van der Waals surface area contributed by atoms with Crippen LogP contribution in [0.15, 0.2) is 65.5 Å². The first-order chi connectivity index (χ1) is 20.4. The molecule has 224 valence electrons. The molecule has 9 nitrogen and oxygen atoms in total. The third kappa shape index (κ3) is 7.69. The molecule has 0 saturated heterocycles. The number of ether oxygens (including phenoxy) is 4. The molecule has 2 unspecified atom stereocenters. The van der Waals surface area contributed by atoms with Gasteiger partial charge in [-0.05, 0) is 63.3 Å². The van der Waals surface area contributed by atoms with Gasteiger partial charge in [0.15, 0.2) is 0 Å². The standard InChI is InChI=1S/C31H37N2O7PS/c1-4-5-6-7-27(40-18-21-8-14-24(37-2)15-9-21)22-10-12-23(13-11-22)32-26(29(34)33(41)31(32)36)20-39-19-25-16-17-28(42-25)30(35)38-3/h8-17,27,34H,4-7,18-20,41H2,1-3H3. The smallest absolute Gasteiger partial charge is 0.348 e. The number of carbonyl (C=O) groups is 1. The van der Waals surface area contributed by atoms with Crippen molar-refractivity contribution in [1.29, 1.82) is 0 Å². The average Bonchev–Trinajstić information content (AvgIpc) is 3.58. The number of hydrogen-bond acceptors (Lipinski definition) is 8. The number of carbonyl (C=O) groups excluding carboxylic acids is 1. The van der Waals surface area contributed by atoms with Crippen molar-refractivity contribution in [2.24, 2.45) is 0 Å². The van der Waals surface area contributed by atoms with E-state index < -0.39 is 11.7 Å². The molecule has 0 amide bonds. The molecule has 2 heterocycles. The number of rotatable bonds is 15. The van der Waals surface area contributed by atoms with E-state index in [0.717, 1.165) is 51.8 Å². The van der Waals surface area contributed by atoms with Crippen LogP contribution in [0.2, 0.25) is 0 Å². The first kappa shape index (κ1) is 31.5. The van der Waals surface area contributed by atoms with Crippen molar-refractivity contribution in [2.75, 3.05) is 14.2 Å². The maximum absolute atomic E-state index is 13.1. The highest BCUT2D eigenvalue weighted by molar-refractivity contribution is 7.14. The van der Waals surface area contributed by atoms with Gasteiger partial charge in [-0.2, -0.15) is 0 Å². The Balaban J connectivity index is 1.49. The number of aromatic hydroxyl groups is 1. The Labute approximate surface area is 251 Å². The van der Waals surface area contributed by atoms with Crippen molar-refractivity contribution < 1.29 is 28.8 Å². The van der Waals surface area contributed by atoms with Crippen LogP contribution in [-0.2, 0) is 34.0 Å². The number of unbranched alkanes of at least 4 members (excludes halogenated alkanes) is 2. The molecule has 2 aromatic heterocycles. The van der Waals surface area contributed by atoms with Crippen LogP contribution < -0.4 is 10.4 Å². The van der Waals surface area contributed by atoms with Crippen LogP contribution in [0.3, 0.4) is 0 Å². The van der Waals surface area contributed by atoms with Gasteiger partial charge in [0.05, 0.1) is 45.8 Å². The quantitative estimate of drug-likeness (QED) is 0.0943. The van der Waals surface area contributed by atoms with Crippen LogP contribution >= 0.6 is 20.7 Å². The highest BCUT2D eigenvalue weighted by Gasteiger charge is 2.20. The summed E-state index contributed by atoms with van der Waals surface area (Å²) in [5.74, 6) is 0.203. The van der Waals surface area contributed by atoms with Crippen molar-refractivity contribution in [3.63, 3.8) is 0 Å². The van der Waals surface area contributed by atoms with Gasteiger partial charge >= 0.3 is 11.7 Å². The van der Waals surface area contributed by atoms with Gasteiger partial charge in [0.25, 0.3) is 0 Å². The molecule has 0 aliphatic rings. The molecule has 0 radical (unpaired) electrons. The molecular formula is C31H37N2O7PS. The van der Waals surface area contributed by atoms with E-state index in [9.17, 15) is 14.7 Å². The number of methoxy groups -OCH3 is 2. The summed E-state index contributed by atoms with van der Waals surface area (Å²) in [6.45, 7) is 2.84. The van der Waals surface area contributed by atoms with E-state index in [-0.39, 0.29) is 25.2 Å². The van der Waals surface area contributed by atoms with E-state index in [4.69, 9.17) is 18.9 Å². The molecule has 0 bridgehead atoms. The van der Waals surface area contributed by atoms with Crippen molar-refractivity contribution in [2.45, 2.75) is 58.5 Å². The SMILES string of the molecule is CCCCCC(OCc1ccc(OC)cc1)c1ccc(-n2c(COCc3ccc(C(=O)OC)s3)c(O)n(P)c2=O)cc1. The Bertz CT molecular complexity index is 1510. The van der Waals surface area contributed by atoms with Crippen LogP contribution in [-0.4, -0.2) is 34.2 Å². The minimum absolute atomic E-state index is 0.0136. The molecule has 1 N–H and O–H groups in total. The molecule has 0 aliphatic carbocycles. The molecule has 2 atom stereocenters. The minimum Gasteiger partial charge on any atom is -0.497 e. The zero-order valence-electron chi connectivity index (χ0n) is 24.1. The zero-order chi connectivity index (χ0) is 30.1. The first-order valence-electron chi connectivity index (χ1n) is 13.8. The Hall–Kier alpha value is -3.43. The van der Waals surface area contributed by atoms with Crippen molar-refractivity contribution >= 4 is 26.7 Å². The average molecular weight is 613 g/mol. The van der Waals surface area contributed by atoms with Gasteiger partial charge < -0.3 is 24.1 Å². The van der Waals surface area contributed by atoms with Crippen molar-refractivity contribution in [3.8, 4) is 17.3 Å². The summed E-state index contributed by atoms with van der Waals surface area (Å²) >= 11 is 1.27. The maximum atomic E-state index is 13.1. The fraction of sp³-hybridized carbons (Fsp3) is 0.355. The number of imidazole rings is 1. The third-order valence-electron chi connectivity index (χ3n) is 6.89. The second kappa shape index (κ2) is 15.2. The van der Waals surface area contributed by atoms with Gasteiger partial charge in [-0.1, -0.05) is 50.5 Å². The summed E-state index contributed by atoms with van der Waals surface area (Å²) in [6.07, 6.45) is 4.06. The fourth-order valence-electron chi connectivity index (χ4n) is 4.54. The number of thiophene rings is 1. The Morgan fingerprint density at radius 1 is 0.976 bits per heavy atom. The van der Waals surface area contributed by atoms with Crippen LogP contribution in [0.1, 0.15) is 70.1 Å². The molecule has 2 aromatic carbocycles. The minimum atomic E-state index is -0.414. The van der Waals surface area contributed by atoms with Gasteiger partial charge in [-0.25, -0.2) is 13.9 Å². The molecule has 11 heteroatoms. The highest BCUT2D eigenvalue weighted by atomic mass is 32.1. The largest absolute Gasteiger partial charge is 0.497 e. The van der Waals surface area contributed by atoms with Crippen molar-refractivity contribution in [1.82, 2.24) is 8.90 Å². The zero-order valence-corrected chi connectivity index (χ0v) is 26.0. The van der Waals surface area contributed by atoms with E-state index in [1.54, 1.807) is 19.2 Å². The fourth-order valence-corrected chi connectivity index (χ4v) is 5.67. The van der Waals surface area contributed by atoms with E-state index in [1.165, 1.54) is 23.0 Å². The Morgan fingerprint density at radius 2 is 1.71 bits per heavy atom. The predicted molar refractivity (Wildman–Crippen MR) is 166 cm³/mol. The van der Waals surface area contributed by atoms with Gasteiger partial charge in [-0.3, -0.25) is 4.57 Å². The number of aromatic nitrogens is 2. The highest BCUT2D eigenvalue weighted by Crippen LogP contribution is 2.29. The van der Waals surface area contributed by atoms with Crippen LogP contribution in [0.4, 0.5) is 0 Å². The lowest BCUT2D eigenvalue weighted by Crippen LogP contribution is -2.20. The normalized spacial score (nSPS) is 11.9. The summed E-state index contributed by atoms with van der Waals surface area (Å²) in [6, 6.07) is 19.0. The molecule has 4 rings (SSSR count). The number of esters is 1. The van der Waals surface area contributed by atoms with E-state index in [1.807, 2.05) is 48.5 Å². The Kier molecular flexibility index (Phi) is 11.4. The second-order valence-corrected chi connectivity index (χ2v) is 11.4. The Morgan fingerprint density at radius 3 is 2.38 bits per heavy atom. The lowest BCUT2D eigenvalue weighted by atomic mass is 10.0. The summed E-state index contributed by atoms with van der Waals surface area (Å²) in [7, 11) is 5.22. The molecule has 0 aliphatic heterocycles. The second-order valence-electron chi connectivity index (χ2n) is 9.74. The van der Waals surface area contributed by atoms with Gasteiger partial charge in [0.1, 0.15) is 16.3 Å². The van der Waals surface area contributed by atoms with Crippen LogP contribution in [0.25, 0.3) is 5.69 Å². The topological polar surface area (TPSA) is 101 Å². The molecule has 0 saturated carbocycles. The van der Waals surface area contributed by atoms with E-state index in [0.29, 0.717) is 22.9 Å². The summed E-state index contributed by atoms with van der Waals surface area (Å²) in [5.41, 5.74) is 2.59. The molecular weight excluding hydrogens is 575 g/mol. The lowest BCUT2D eigenvalue weighted by molar-refractivity contribution is 0.0322. The maximum Gasteiger partial charge on any atom is 0.348 e.